The molecule has 0 N–H and O–H groups in total. The average Bonchev–Trinajstić information content (AvgIpc) is 2.54. The summed E-state index contributed by atoms with van der Waals surface area (Å²) in [6.45, 7) is 4.24. The summed E-state index contributed by atoms with van der Waals surface area (Å²) >= 11 is 0. The fraction of sp³-hybridized carbons (Fsp3) is 0.533. The van der Waals surface area contributed by atoms with E-state index in [1.165, 1.54) is 14.2 Å². The van der Waals surface area contributed by atoms with Gasteiger partial charge in [0.2, 0.25) is 0 Å². The van der Waals surface area contributed by atoms with Gasteiger partial charge in [-0.25, -0.2) is 4.79 Å². The monoisotopic (exact) mass is 295 g/mol. The Labute approximate surface area is 124 Å². The van der Waals surface area contributed by atoms with Crippen LogP contribution in [0.2, 0.25) is 0 Å². The smallest absolute Gasteiger partial charge is 0.345 e. The molecule has 2 rings (SSSR count). The van der Waals surface area contributed by atoms with Gasteiger partial charge in [0.25, 0.3) is 0 Å². The molecule has 1 fully saturated rings. The van der Waals surface area contributed by atoms with Crippen molar-refractivity contribution in [3.63, 3.8) is 0 Å². The first-order valence-corrected chi connectivity index (χ1v) is 6.94. The Morgan fingerprint density at radius 1 is 1.19 bits per heavy atom. The second-order valence-electron chi connectivity index (χ2n) is 4.63. The third-order valence-corrected chi connectivity index (χ3v) is 3.38. The van der Waals surface area contributed by atoms with Crippen molar-refractivity contribution in [3.05, 3.63) is 23.8 Å². The molecule has 0 bridgehead atoms. The zero-order valence-corrected chi connectivity index (χ0v) is 12.5. The number of esters is 1. The van der Waals surface area contributed by atoms with Crippen LogP contribution >= 0.6 is 0 Å². The molecule has 0 atom stereocenters. The first-order chi connectivity index (χ1) is 10.3. The fourth-order valence-electron chi connectivity index (χ4n) is 2.22. The van der Waals surface area contributed by atoms with E-state index in [1.54, 1.807) is 18.2 Å². The highest BCUT2D eigenvalue weighted by Gasteiger charge is 2.20. The molecule has 116 valence electrons. The lowest BCUT2D eigenvalue weighted by Gasteiger charge is -2.26. The topological polar surface area (TPSA) is 57.2 Å². The summed E-state index contributed by atoms with van der Waals surface area (Å²) < 4.78 is 21.0. The van der Waals surface area contributed by atoms with Crippen molar-refractivity contribution >= 4 is 5.97 Å². The molecule has 6 nitrogen and oxygen atoms in total. The van der Waals surface area contributed by atoms with Crippen molar-refractivity contribution in [2.24, 2.45) is 0 Å². The summed E-state index contributed by atoms with van der Waals surface area (Å²) in [7, 11) is 3.03. The van der Waals surface area contributed by atoms with E-state index in [-0.39, 0.29) is 0 Å². The summed E-state index contributed by atoms with van der Waals surface area (Å²) in [6, 6.07) is 5.18. The average molecular weight is 295 g/mol. The van der Waals surface area contributed by atoms with E-state index in [0.29, 0.717) is 30.2 Å². The second-order valence-corrected chi connectivity index (χ2v) is 4.63. The van der Waals surface area contributed by atoms with Crippen molar-refractivity contribution < 1.29 is 23.7 Å². The number of hydrogen-bond donors (Lipinski definition) is 0. The number of carbonyl (C=O) groups is 1. The van der Waals surface area contributed by atoms with Crippen molar-refractivity contribution in [2.75, 3.05) is 53.7 Å². The highest BCUT2D eigenvalue weighted by atomic mass is 16.5. The van der Waals surface area contributed by atoms with Crippen LogP contribution in [0.5, 0.6) is 11.5 Å². The molecule has 0 saturated carbocycles. The quantitative estimate of drug-likeness (QED) is 0.735. The van der Waals surface area contributed by atoms with E-state index >= 15 is 0 Å². The summed E-state index contributed by atoms with van der Waals surface area (Å²) in [5.74, 6) is 0.467. The van der Waals surface area contributed by atoms with E-state index in [4.69, 9.17) is 18.9 Å². The summed E-state index contributed by atoms with van der Waals surface area (Å²) in [5, 5.41) is 0. The Kier molecular flexibility index (Phi) is 5.83. The van der Waals surface area contributed by atoms with Crippen LogP contribution in [0.3, 0.4) is 0 Å². The van der Waals surface area contributed by atoms with Crippen molar-refractivity contribution in [1.29, 1.82) is 0 Å². The summed E-state index contributed by atoms with van der Waals surface area (Å²) in [5.41, 5.74) is 0.324. The number of nitrogens with zero attached hydrogens (tertiary/aromatic N) is 1. The minimum Gasteiger partial charge on any atom is -0.496 e. The van der Waals surface area contributed by atoms with Crippen LogP contribution in [-0.2, 0) is 9.47 Å². The molecule has 1 heterocycles. The summed E-state index contributed by atoms with van der Waals surface area (Å²) in [4.78, 5) is 14.4. The lowest BCUT2D eigenvalue weighted by molar-refractivity contribution is 0.0193. The Balaban J connectivity index is 1.93. The Hall–Kier alpha value is -1.79. The van der Waals surface area contributed by atoms with E-state index in [1.807, 2.05) is 0 Å². The first-order valence-electron chi connectivity index (χ1n) is 6.94. The molecule has 0 spiro atoms. The van der Waals surface area contributed by atoms with Gasteiger partial charge in [0.05, 0.1) is 27.4 Å². The number of methoxy groups -OCH3 is 2. The zero-order valence-electron chi connectivity index (χ0n) is 12.5. The van der Waals surface area contributed by atoms with Gasteiger partial charge in [-0.3, -0.25) is 4.90 Å². The highest BCUT2D eigenvalue weighted by Crippen LogP contribution is 2.28. The van der Waals surface area contributed by atoms with E-state index in [2.05, 4.69) is 4.90 Å². The molecular weight excluding hydrogens is 274 g/mol. The van der Waals surface area contributed by atoms with E-state index in [0.717, 1.165) is 26.3 Å². The molecule has 0 unspecified atom stereocenters. The molecule has 1 aliphatic heterocycles. The van der Waals surface area contributed by atoms with E-state index < -0.39 is 5.97 Å². The molecule has 0 aromatic heterocycles. The normalized spacial score (nSPS) is 15.5. The predicted molar refractivity (Wildman–Crippen MR) is 77.1 cm³/mol. The molecule has 0 aliphatic carbocycles. The molecule has 21 heavy (non-hydrogen) atoms. The second kappa shape index (κ2) is 7.85. The zero-order chi connectivity index (χ0) is 15.1. The van der Waals surface area contributed by atoms with Gasteiger partial charge in [-0.05, 0) is 12.1 Å². The molecule has 6 heteroatoms. The minimum absolute atomic E-state index is 0.324. The standard InChI is InChI=1S/C15H21NO5/c1-18-12-4-3-5-13(19-2)14(12)15(17)21-11-8-16-6-9-20-10-7-16/h3-5H,6-11H2,1-2H3. The highest BCUT2D eigenvalue weighted by molar-refractivity contribution is 5.95. The molecular formula is C15H21NO5. The first kappa shape index (κ1) is 15.6. The fourth-order valence-corrected chi connectivity index (χ4v) is 2.22. The van der Waals surface area contributed by atoms with E-state index in [9.17, 15) is 4.79 Å². The number of benzene rings is 1. The van der Waals surface area contributed by atoms with Gasteiger partial charge in [0.15, 0.2) is 0 Å². The van der Waals surface area contributed by atoms with Gasteiger partial charge < -0.3 is 18.9 Å². The number of ether oxygens (including phenoxy) is 4. The largest absolute Gasteiger partial charge is 0.496 e. The molecule has 1 aromatic rings. The Bertz CT molecular complexity index is 449. The maximum atomic E-state index is 12.2. The predicted octanol–water partition coefficient (Wildman–Crippen LogP) is 1.19. The van der Waals surface area contributed by atoms with Crippen molar-refractivity contribution in [3.8, 4) is 11.5 Å². The molecule has 1 saturated heterocycles. The molecule has 1 aromatic carbocycles. The van der Waals surface area contributed by atoms with Crippen molar-refractivity contribution in [1.82, 2.24) is 4.90 Å². The van der Waals surface area contributed by atoms with Gasteiger partial charge in [-0.1, -0.05) is 6.07 Å². The molecule has 1 aliphatic rings. The third kappa shape index (κ3) is 4.09. The maximum absolute atomic E-state index is 12.2. The lowest BCUT2D eigenvalue weighted by atomic mass is 10.2. The van der Waals surface area contributed by atoms with Crippen LogP contribution in [0.1, 0.15) is 10.4 Å². The number of carbonyl (C=O) groups excluding carboxylic acids is 1. The molecule has 0 amide bonds. The van der Waals surface area contributed by atoms with Crippen LogP contribution in [-0.4, -0.2) is 64.5 Å². The van der Waals surface area contributed by atoms with Gasteiger partial charge in [-0.15, -0.1) is 0 Å². The van der Waals surface area contributed by atoms with Crippen LogP contribution < -0.4 is 9.47 Å². The van der Waals surface area contributed by atoms with Crippen LogP contribution in [0, 0.1) is 0 Å². The summed E-state index contributed by atoms with van der Waals surface area (Å²) in [6.07, 6.45) is 0. The SMILES string of the molecule is COc1cccc(OC)c1C(=O)OCCN1CCOCC1. The number of rotatable bonds is 6. The number of hydrogen-bond acceptors (Lipinski definition) is 6. The third-order valence-electron chi connectivity index (χ3n) is 3.38. The van der Waals surface area contributed by atoms with Gasteiger partial charge in [0.1, 0.15) is 23.7 Å². The van der Waals surface area contributed by atoms with Crippen LogP contribution in [0.4, 0.5) is 0 Å². The number of morpholine rings is 1. The van der Waals surface area contributed by atoms with Gasteiger partial charge in [0, 0.05) is 19.6 Å². The molecule has 0 radical (unpaired) electrons. The van der Waals surface area contributed by atoms with Crippen molar-refractivity contribution in [2.45, 2.75) is 0 Å². The van der Waals surface area contributed by atoms with Gasteiger partial charge in [-0.2, -0.15) is 0 Å². The van der Waals surface area contributed by atoms with Crippen LogP contribution in [0.15, 0.2) is 18.2 Å². The van der Waals surface area contributed by atoms with Gasteiger partial charge >= 0.3 is 5.97 Å². The maximum Gasteiger partial charge on any atom is 0.345 e. The Morgan fingerprint density at radius 3 is 2.38 bits per heavy atom. The minimum atomic E-state index is -0.433. The lowest BCUT2D eigenvalue weighted by Crippen LogP contribution is -2.38. The van der Waals surface area contributed by atoms with Crippen LogP contribution in [0.25, 0.3) is 0 Å². The Morgan fingerprint density at radius 2 is 1.81 bits per heavy atom.